The van der Waals surface area contributed by atoms with Crippen molar-refractivity contribution in [3.05, 3.63) is 0 Å². The summed E-state index contributed by atoms with van der Waals surface area (Å²) in [7, 11) is 0. The summed E-state index contributed by atoms with van der Waals surface area (Å²) in [4.78, 5) is 23.2. The van der Waals surface area contributed by atoms with Crippen molar-refractivity contribution in [2.45, 2.75) is 51.5 Å². The maximum atomic E-state index is 12.0. The Morgan fingerprint density at radius 2 is 2.05 bits per heavy atom. The lowest BCUT2D eigenvalue weighted by atomic mass is 9.75. The topological polar surface area (TPSA) is 76.7 Å². The number of nitrogens with one attached hydrogen (secondary N) is 2. The van der Waals surface area contributed by atoms with Gasteiger partial charge in [0.25, 0.3) is 0 Å². The SMILES string of the molecule is CCOC(=O)NCCC(=O)NC1CCCC12CCOCC2. The second-order valence-corrected chi connectivity index (χ2v) is 5.88. The molecular weight excluding hydrogens is 272 g/mol. The summed E-state index contributed by atoms with van der Waals surface area (Å²) in [5.74, 6) is 0.00423. The first-order valence-electron chi connectivity index (χ1n) is 7.94. The first-order valence-corrected chi connectivity index (χ1v) is 7.94. The number of alkyl carbamates (subject to hydrolysis) is 1. The van der Waals surface area contributed by atoms with E-state index in [9.17, 15) is 9.59 Å². The molecule has 2 N–H and O–H groups in total. The van der Waals surface area contributed by atoms with Crippen LogP contribution in [0.5, 0.6) is 0 Å². The van der Waals surface area contributed by atoms with Gasteiger partial charge in [0.15, 0.2) is 0 Å². The van der Waals surface area contributed by atoms with E-state index in [1.165, 1.54) is 12.8 Å². The largest absolute Gasteiger partial charge is 0.450 e. The van der Waals surface area contributed by atoms with E-state index in [1.807, 2.05) is 0 Å². The zero-order valence-electron chi connectivity index (χ0n) is 12.8. The number of rotatable bonds is 5. The Hall–Kier alpha value is -1.30. The second-order valence-electron chi connectivity index (χ2n) is 5.88. The molecule has 0 radical (unpaired) electrons. The quantitative estimate of drug-likeness (QED) is 0.808. The summed E-state index contributed by atoms with van der Waals surface area (Å²) in [6, 6.07) is 0.261. The third-order valence-corrected chi connectivity index (χ3v) is 4.63. The maximum Gasteiger partial charge on any atom is 0.407 e. The van der Waals surface area contributed by atoms with Crippen LogP contribution in [0.1, 0.15) is 45.4 Å². The van der Waals surface area contributed by atoms with Gasteiger partial charge in [0.2, 0.25) is 5.91 Å². The van der Waals surface area contributed by atoms with Crippen LogP contribution in [0.4, 0.5) is 4.79 Å². The molecule has 1 spiro atoms. The van der Waals surface area contributed by atoms with Crippen LogP contribution in [-0.2, 0) is 14.3 Å². The normalized spacial score (nSPS) is 23.8. The van der Waals surface area contributed by atoms with Gasteiger partial charge in [0.05, 0.1) is 6.61 Å². The highest BCUT2D eigenvalue weighted by atomic mass is 16.5. The average molecular weight is 298 g/mol. The molecule has 1 atom stereocenters. The highest BCUT2D eigenvalue weighted by molar-refractivity contribution is 5.77. The van der Waals surface area contributed by atoms with Crippen LogP contribution in [-0.4, -0.2) is 44.4 Å². The fraction of sp³-hybridized carbons (Fsp3) is 0.867. The van der Waals surface area contributed by atoms with Crippen molar-refractivity contribution >= 4 is 12.0 Å². The number of hydrogen-bond acceptors (Lipinski definition) is 4. The van der Waals surface area contributed by atoms with E-state index < -0.39 is 6.09 Å². The lowest BCUT2D eigenvalue weighted by Gasteiger charge is -2.39. The lowest BCUT2D eigenvalue weighted by Crippen LogP contribution is -2.47. The number of amides is 2. The Morgan fingerprint density at radius 1 is 1.29 bits per heavy atom. The molecule has 120 valence electrons. The predicted octanol–water partition coefficient (Wildman–Crippen LogP) is 1.59. The number of hydrogen-bond donors (Lipinski definition) is 2. The molecular formula is C15H26N2O4. The Balaban J connectivity index is 1.73. The Morgan fingerprint density at radius 3 is 2.76 bits per heavy atom. The van der Waals surface area contributed by atoms with Crippen molar-refractivity contribution in [3.8, 4) is 0 Å². The smallest absolute Gasteiger partial charge is 0.407 e. The Bertz CT molecular complexity index is 367. The summed E-state index contributed by atoms with van der Waals surface area (Å²) >= 11 is 0. The minimum atomic E-state index is -0.466. The van der Waals surface area contributed by atoms with E-state index in [2.05, 4.69) is 10.6 Å². The van der Waals surface area contributed by atoms with Crippen LogP contribution < -0.4 is 10.6 Å². The van der Waals surface area contributed by atoms with Crippen molar-refractivity contribution in [2.24, 2.45) is 5.41 Å². The van der Waals surface area contributed by atoms with Gasteiger partial charge in [-0.2, -0.15) is 0 Å². The molecule has 0 aromatic heterocycles. The maximum absolute atomic E-state index is 12.0. The first kappa shape index (κ1) is 16.1. The highest BCUT2D eigenvalue weighted by Crippen LogP contribution is 2.45. The van der Waals surface area contributed by atoms with E-state index in [4.69, 9.17) is 9.47 Å². The molecule has 1 saturated carbocycles. The summed E-state index contributed by atoms with van der Waals surface area (Å²) in [5, 5.41) is 5.73. The van der Waals surface area contributed by atoms with E-state index in [0.29, 0.717) is 19.6 Å². The van der Waals surface area contributed by atoms with Gasteiger partial charge in [0.1, 0.15) is 0 Å². The van der Waals surface area contributed by atoms with Crippen molar-refractivity contribution < 1.29 is 19.1 Å². The van der Waals surface area contributed by atoms with Crippen LogP contribution in [0, 0.1) is 5.41 Å². The third kappa shape index (κ3) is 4.33. The summed E-state index contributed by atoms with van der Waals surface area (Å²) in [6.45, 7) is 4.01. The second kappa shape index (κ2) is 7.64. The Labute approximate surface area is 125 Å². The lowest BCUT2D eigenvalue weighted by molar-refractivity contribution is -0.123. The molecule has 2 fully saturated rings. The van der Waals surface area contributed by atoms with Crippen LogP contribution in [0.15, 0.2) is 0 Å². The zero-order chi connectivity index (χ0) is 15.1. The first-order chi connectivity index (χ1) is 10.2. The van der Waals surface area contributed by atoms with E-state index >= 15 is 0 Å². The van der Waals surface area contributed by atoms with Crippen molar-refractivity contribution in [1.82, 2.24) is 10.6 Å². The van der Waals surface area contributed by atoms with Gasteiger partial charge in [0, 0.05) is 32.2 Å². The molecule has 2 amide bonds. The Kier molecular flexibility index (Phi) is 5.85. The van der Waals surface area contributed by atoms with Crippen molar-refractivity contribution in [3.63, 3.8) is 0 Å². The fourth-order valence-corrected chi connectivity index (χ4v) is 3.47. The highest BCUT2D eigenvalue weighted by Gasteiger charge is 2.44. The van der Waals surface area contributed by atoms with Gasteiger partial charge in [-0.1, -0.05) is 6.42 Å². The molecule has 0 bridgehead atoms. The van der Waals surface area contributed by atoms with E-state index in [-0.39, 0.29) is 17.4 Å². The van der Waals surface area contributed by atoms with Crippen LogP contribution in [0.25, 0.3) is 0 Å². The molecule has 1 unspecified atom stereocenters. The molecule has 21 heavy (non-hydrogen) atoms. The molecule has 1 aliphatic heterocycles. The minimum Gasteiger partial charge on any atom is -0.450 e. The number of carbonyl (C=O) groups is 2. The standard InChI is InChI=1S/C15H26N2O4/c1-2-21-14(19)16-9-5-13(18)17-12-4-3-6-15(12)7-10-20-11-8-15/h12H,2-11H2,1H3,(H,16,19)(H,17,18). The molecule has 2 aliphatic rings. The summed E-state index contributed by atoms with van der Waals surface area (Å²) < 4.78 is 10.2. The van der Waals surface area contributed by atoms with Crippen molar-refractivity contribution in [2.75, 3.05) is 26.4 Å². The van der Waals surface area contributed by atoms with Gasteiger partial charge in [-0.15, -0.1) is 0 Å². The molecule has 1 heterocycles. The number of ether oxygens (including phenoxy) is 2. The third-order valence-electron chi connectivity index (χ3n) is 4.63. The van der Waals surface area contributed by atoms with Gasteiger partial charge in [-0.3, -0.25) is 4.79 Å². The van der Waals surface area contributed by atoms with Gasteiger partial charge in [-0.25, -0.2) is 4.79 Å². The number of carbonyl (C=O) groups excluding carboxylic acids is 2. The molecule has 1 saturated heterocycles. The molecule has 1 aliphatic carbocycles. The predicted molar refractivity (Wildman–Crippen MR) is 77.9 cm³/mol. The molecule has 6 heteroatoms. The van der Waals surface area contributed by atoms with E-state index in [1.54, 1.807) is 6.92 Å². The summed E-state index contributed by atoms with van der Waals surface area (Å²) in [6.07, 6.45) is 5.32. The molecule has 0 aromatic carbocycles. The fourth-order valence-electron chi connectivity index (χ4n) is 3.47. The van der Waals surface area contributed by atoms with E-state index in [0.717, 1.165) is 32.5 Å². The molecule has 6 nitrogen and oxygen atoms in total. The molecule has 0 aromatic rings. The molecule has 2 rings (SSSR count). The van der Waals surface area contributed by atoms with Gasteiger partial charge >= 0.3 is 6.09 Å². The van der Waals surface area contributed by atoms with Crippen molar-refractivity contribution in [1.29, 1.82) is 0 Å². The average Bonchev–Trinajstić information content (AvgIpc) is 2.82. The summed E-state index contributed by atoms with van der Waals surface area (Å²) in [5.41, 5.74) is 0.239. The monoisotopic (exact) mass is 298 g/mol. The van der Waals surface area contributed by atoms with Gasteiger partial charge < -0.3 is 20.1 Å². The minimum absolute atomic E-state index is 0.00423. The van der Waals surface area contributed by atoms with Crippen LogP contribution >= 0.6 is 0 Å². The zero-order valence-corrected chi connectivity index (χ0v) is 12.8. The van der Waals surface area contributed by atoms with Crippen LogP contribution in [0.3, 0.4) is 0 Å². The van der Waals surface area contributed by atoms with Crippen LogP contribution in [0.2, 0.25) is 0 Å². The van der Waals surface area contributed by atoms with Gasteiger partial charge in [-0.05, 0) is 38.0 Å².